The zero-order valence-electron chi connectivity index (χ0n) is 29.6. The normalized spacial score (nSPS) is 22.4. The van der Waals surface area contributed by atoms with Crippen molar-refractivity contribution in [2.24, 2.45) is 5.41 Å². The average molecular weight is 872 g/mol. The molecule has 3 heterocycles. The largest absolute Gasteiger partial charge is 1.00 e. The van der Waals surface area contributed by atoms with Crippen molar-refractivity contribution < 1.29 is 115 Å². The molecule has 55 heavy (non-hydrogen) atoms. The van der Waals surface area contributed by atoms with E-state index in [1.807, 2.05) is 0 Å². The number of phosphoric acid groups is 3. The third-order valence-electron chi connectivity index (χ3n) is 7.14. The Morgan fingerprint density at radius 3 is 2.38 bits per heavy atom. The first-order chi connectivity index (χ1) is 24.9. The van der Waals surface area contributed by atoms with Crippen LogP contribution in [-0.4, -0.2) is 114 Å². The maximum atomic E-state index is 12.5. The van der Waals surface area contributed by atoms with Gasteiger partial charge in [-0.05, 0) is 6.92 Å². The summed E-state index contributed by atoms with van der Waals surface area (Å²) in [4.78, 5) is 104. The summed E-state index contributed by atoms with van der Waals surface area (Å²) in [5.74, 6) is -1.70. The first kappa shape index (κ1) is 49.4. The SMILES string of the molecule is CC(=O)CC(=O)SCCNC(=O)CCNC(=O)C(O)C(C)(C)COP(=O)([O-])OP(=O)([O-])OCC1OC(n2cnc3c(N)ncnc32)C(O)C1OP(=O)([O-])O.[Na+]. The first-order valence-electron chi connectivity index (χ1n) is 15.4. The molecule has 304 valence electrons. The average Bonchev–Trinajstić information content (AvgIpc) is 3.60. The standard InChI is InChI=1S/C25H40N7O18P3S.Na/c1-13(33)8-16(35)54-7-6-27-15(34)4-5-28-23(38)20(37)25(2,3)10-47-53(44,45)50-52(42,43)46-9-14-19(49-51(39,40)41)18(36)24(48-14)32-12-31-17-21(26)29-11-30-22(17)32;/h11-12,14,18-20,24,36-37H,4-10H2,1-3H3,(H,27,34)(H,28,38)(H,42,43)(H,44,45)(H2,26,29,30)(H2,39,40,41);/q;+1/p-3. The number of carbonyl (C=O) groups is 4. The second kappa shape index (κ2) is 20.8. The van der Waals surface area contributed by atoms with E-state index in [0.717, 1.165) is 29.0 Å². The van der Waals surface area contributed by atoms with E-state index in [2.05, 4.69) is 43.5 Å². The molecule has 25 nitrogen and oxygen atoms in total. The van der Waals surface area contributed by atoms with Crippen LogP contribution >= 0.6 is 35.2 Å². The number of fused-ring (bicyclic) bond motifs is 1. The number of carbonyl (C=O) groups excluding carboxylic acids is 4. The number of aromatic nitrogens is 4. The number of imidazole rings is 1. The van der Waals surface area contributed by atoms with Gasteiger partial charge in [0.1, 0.15) is 42.0 Å². The van der Waals surface area contributed by atoms with Gasteiger partial charge in [-0.2, -0.15) is 0 Å². The summed E-state index contributed by atoms with van der Waals surface area (Å²) in [5, 5.41) is 25.7. The number of thioether (sulfide) groups is 1. The molecule has 0 bridgehead atoms. The van der Waals surface area contributed by atoms with Crippen molar-refractivity contribution in [3.8, 4) is 0 Å². The molecule has 1 aliphatic heterocycles. The summed E-state index contributed by atoms with van der Waals surface area (Å²) in [6, 6.07) is 0. The van der Waals surface area contributed by atoms with Gasteiger partial charge in [-0.15, -0.1) is 0 Å². The molecule has 8 atom stereocenters. The van der Waals surface area contributed by atoms with Crippen LogP contribution in [0.2, 0.25) is 0 Å². The van der Waals surface area contributed by atoms with Crippen LogP contribution in [0.25, 0.3) is 11.2 Å². The molecule has 2 aromatic heterocycles. The van der Waals surface area contributed by atoms with Crippen LogP contribution in [0.4, 0.5) is 5.82 Å². The number of nitrogens with zero attached hydrogens (tertiary/aromatic N) is 4. The Labute approximate surface area is 338 Å². The maximum absolute atomic E-state index is 12.5. The molecule has 3 rings (SSSR count). The zero-order chi connectivity index (χ0) is 40.6. The number of nitrogens with one attached hydrogen (secondary N) is 2. The third kappa shape index (κ3) is 15.5. The summed E-state index contributed by atoms with van der Waals surface area (Å²) < 4.78 is 60.6. The van der Waals surface area contributed by atoms with E-state index >= 15 is 0 Å². The van der Waals surface area contributed by atoms with Gasteiger partial charge < -0.3 is 64.5 Å². The number of aliphatic hydroxyl groups excluding tert-OH is 2. The Balaban J connectivity index is 0.0000105. The van der Waals surface area contributed by atoms with E-state index in [0.29, 0.717) is 0 Å². The number of nitrogen functional groups attached to an aromatic ring is 1. The van der Waals surface area contributed by atoms with E-state index in [-0.39, 0.29) is 89.1 Å². The Morgan fingerprint density at radius 1 is 1.09 bits per heavy atom. The molecule has 2 amide bonds. The zero-order valence-corrected chi connectivity index (χ0v) is 35.1. The Bertz CT molecular complexity index is 1830. The smallest absolute Gasteiger partial charge is 0.756 e. The van der Waals surface area contributed by atoms with Crippen LogP contribution in [0.5, 0.6) is 0 Å². The van der Waals surface area contributed by atoms with Crippen LogP contribution in [0.1, 0.15) is 39.8 Å². The molecule has 7 N–H and O–H groups in total. The van der Waals surface area contributed by atoms with Crippen LogP contribution < -0.4 is 60.6 Å². The van der Waals surface area contributed by atoms with Crippen molar-refractivity contribution in [3.63, 3.8) is 0 Å². The van der Waals surface area contributed by atoms with Crippen molar-refractivity contribution in [1.82, 2.24) is 30.2 Å². The van der Waals surface area contributed by atoms with Crippen molar-refractivity contribution in [1.29, 1.82) is 0 Å². The van der Waals surface area contributed by atoms with E-state index < -0.39 is 84.6 Å². The fraction of sp³-hybridized carbons (Fsp3) is 0.640. The molecular formula is C25H37N7NaO18P3S-2. The van der Waals surface area contributed by atoms with Gasteiger partial charge >= 0.3 is 29.6 Å². The minimum Gasteiger partial charge on any atom is -0.756 e. The van der Waals surface area contributed by atoms with Gasteiger partial charge in [-0.25, -0.2) is 19.3 Å². The summed E-state index contributed by atoms with van der Waals surface area (Å²) in [6.07, 6.45) is -7.72. The second-order valence-corrected chi connectivity index (χ2v) is 17.4. The number of phosphoric ester groups is 3. The molecule has 0 aromatic carbocycles. The quantitative estimate of drug-likeness (QED) is 0.0294. The number of anilines is 1. The molecule has 0 aliphatic carbocycles. The molecule has 0 saturated carbocycles. The molecule has 1 saturated heterocycles. The number of ether oxygens (including phenoxy) is 1. The van der Waals surface area contributed by atoms with Crippen molar-refractivity contribution in [2.75, 3.05) is 37.8 Å². The number of hydrogen-bond donors (Lipinski definition) is 6. The molecule has 1 fully saturated rings. The van der Waals surface area contributed by atoms with Gasteiger partial charge in [0.25, 0.3) is 23.5 Å². The van der Waals surface area contributed by atoms with Crippen LogP contribution in [0, 0.1) is 5.41 Å². The van der Waals surface area contributed by atoms with Crippen molar-refractivity contribution in [2.45, 2.75) is 64.3 Å². The minimum absolute atomic E-state index is 0. The summed E-state index contributed by atoms with van der Waals surface area (Å²) in [6.45, 7) is 1.22. The predicted octanol–water partition coefficient (Wildman–Crippen LogP) is -6.25. The molecule has 0 spiro atoms. The van der Waals surface area contributed by atoms with Gasteiger partial charge in [-0.3, -0.25) is 37.4 Å². The number of hydrogen-bond acceptors (Lipinski definition) is 22. The molecule has 2 aromatic rings. The Hall–Kier alpha value is -1.77. The van der Waals surface area contributed by atoms with E-state index in [1.165, 1.54) is 20.8 Å². The van der Waals surface area contributed by atoms with Gasteiger partial charge in [0.15, 0.2) is 22.8 Å². The number of rotatable bonds is 21. The van der Waals surface area contributed by atoms with Crippen LogP contribution in [-0.2, 0) is 55.5 Å². The van der Waals surface area contributed by atoms with Gasteiger partial charge in [0.05, 0.1) is 26.0 Å². The predicted molar refractivity (Wildman–Crippen MR) is 176 cm³/mol. The number of nitrogens with two attached hydrogens (primary N) is 1. The Morgan fingerprint density at radius 2 is 1.75 bits per heavy atom. The Kier molecular flexibility index (Phi) is 18.7. The summed E-state index contributed by atoms with van der Waals surface area (Å²) in [5.41, 5.74) is 4.07. The van der Waals surface area contributed by atoms with Crippen molar-refractivity contribution in [3.05, 3.63) is 12.7 Å². The fourth-order valence-corrected chi connectivity index (χ4v) is 8.01. The van der Waals surface area contributed by atoms with Crippen LogP contribution in [0.15, 0.2) is 12.7 Å². The molecule has 30 heteroatoms. The van der Waals surface area contributed by atoms with Gasteiger partial charge in [0, 0.05) is 30.7 Å². The molecule has 1 aliphatic rings. The van der Waals surface area contributed by atoms with Gasteiger partial charge in [0.2, 0.25) is 11.8 Å². The first-order valence-corrected chi connectivity index (χ1v) is 20.8. The molecule has 8 unspecified atom stereocenters. The second-order valence-electron chi connectivity index (χ2n) is 12.1. The monoisotopic (exact) mass is 871 g/mol. The number of amides is 2. The van der Waals surface area contributed by atoms with Crippen molar-refractivity contribution >= 4 is 74.9 Å². The number of aliphatic hydroxyl groups is 2. The van der Waals surface area contributed by atoms with E-state index in [9.17, 15) is 62.7 Å². The van der Waals surface area contributed by atoms with E-state index in [1.54, 1.807) is 0 Å². The molecular weight excluding hydrogens is 834 g/mol. The van der Waals surface area contributed by atoms with Gasteiger partial charge in [-0.1, -0.05) is 25.6 Å². The third-order valence-corrected chi connectivity index (χ3v) is 11.0. The maximum Gasteiger partial charge on any atom is 1.00 e. The fourth-order valence-electron chi connectivity index (χ4n) is 4.53. The molecule has 0 radical (unpaired) electrons. The topological polar surface area (TPSA) is 389 Å². The van der Waals surface area contributed by atoms with Crippen LogP contribution in [0.3, 0.4) is 0 Å². The summed E-state index contributed by atoms with van der Waals surface area (Å²) >= 11 is 0.868. The number of ketones is 1. The summed E-state index contributed by atoms with van der Waals surface area (Å²) in [7, 11) is -17.3. The number of Topliss-reactive ketones (excluding diaryl/α,β-unsaturated/α-hetero) is 1. The van der Waals surface area contributed by atoms with E-state index in [4.69, 9.17) is 10.5 Å². The minimum atomic E-state index is -5.90.